The van der Waals surface area contributed by atoms with Crippen LogP contribution in [0.5, 0.6) is 0 Å². The van der Waals surface area contributed by atoms with E-state index in [-0.39, 0.29) is 18.3 Å². The van der Waals surface area contributed by atoms with Crippen LogP contribution in [-0.2, 0) is 0 Å². The molecule has 0 fully saturated rings. The number of carbonyl (C=O) groups is 1. The normalized spacial score (nSPS) is 11.7. The highest BCUT2D eigenvalue weighted by molar-refractivity contribution is 5.99. The highest BCUT2D eigenvalue weighted by atomic mass is 16.4. The van der Waals surface area contributed by atoms with Gasteiger partial charge in [0.25, 0.3) is 5.91 Å². The summed E-state index contributed by atoms with van der Waals surface area (Å²) in [6.45, 7) is 7.81. The van der Waals surface area contributed by atoms with E-state index in [1.54, 1.807) is 6.92 Å². The molecule has 18 heavy (non-hydrogen) atoms. The van der Waals surface area contributed by atoms with Crippen molar-refractivity contribution in [3.05, 3.63) is 22.6 Å². The molecule has 0 aromatic carbocycles. The molecule has 1 amide bonds. The quantitative estimate of drug-likeness (QED) is 0.367. The van der Waals surface area contributed by atoms with E-state index in [2.05, 4.69) is 5.16 Å². The summed E-state index contributed by atoms with van der Waals surface area (Å²) >= 11 is 0. The summed E-state index contributed by atoms with van der Waals surface area (Å²) in [5.41, 5.74) is 6.81. The average molecular weight is 253 g/mol. The molecule has 0 unspecified atom stereocenters. The van der Waals surface area contributed by atoms with Crippen LogP contribution in [0.25, 0.3) is 0 Å². The molecule has 100 valence electrons. The van der Waals surface area contributed by atoms with E-state index in [4.69, 9.17) is 15.4 Å². The maximum atomic E-state index is 12.4. The number of oxime groups is 1. The number of likely N-dealkylation sites (N-methyl/N-ethyl adjacent to an activating group) is 1. The second-order valence-electron chi connectivity index (χ2n) is 4.13. The van der Waals surface area contributed by atoms with Crippen molar-refractivity contribution in [1.82, 2.24) is 4.90 Å². The van der Waals surface area contributed by atoms with Gasteiger partial charge in [0.2, 0.25) is 0 Å². The Kier molecular flexibility index (Phi) is 4.36. The lowest BCUT2D eigenvalue weighted by atomic mass is 10.1. The number of nitrogens with two attached hydrogens (primary N) is 1. The van der Waals surface area contributed by atoms with Gasteiger partial charge in [-0.05, 0) is 27.7 Å². The first-order valence-electron chi connectivity index (χ1n) is 5.74. The van der Waals surface area contributed by atoms with E-state index in [1.807, 2.05) is 20.8 Å². The van der Waals surface area contributed by atoms with Crippen LogP contribution in [0.15, 0.2) is 9.57 Å². The predicted octanol–water partition coefficient (Wildman–Crippen LogP) is 1.41. The molecule has 0 radical (unpaired) electrons. The molecule has 3 N–H and O–H groups in total. The van der Waals surface area contributed by atoms with Gasteiger partial charge < -0.3 is 20.3 Å². The fraction of sp³-hybridized carbons (Fsp3) is 0.500. The minimum Gasteiger partial charge on any atom is -0.466 e. The number of amides is 1. The van der Waals surface area contributed by atoms with Crippen molar-refractivity contribution in [2.24, 2.45) is 10.9 Å². The van der Waals surface area contributed by atoms with Crippen LogP contribution in [0.4, 0.5) is 0 Å². The number of hydrogen-bond acceptors (Lipinski definition) is 4. The molecule has 0 saturated heterocycles. The first kappa shape index (κ1) is 14.1. The number of nitrogens with zero attached hydrogens (tertiary/aromatic N) is 2. The Bertz CT molecular complexity index is 477. The van der Waals surface area contributed by atoms with Gasteiger partial charge in [-0.2, -0.15) is 0 Å². The lowest BCUT2D eigenvalue weighted by Gasteiger charge is -2.20. The molecule has 0 atom stereocenters. The molecular formula is C12H19N3O3. The lowest BCUT2D eigenvalue weighted by Crippen LogP contribution is -2.38. The number of furan rings is 1. The molecule has 6 nitrogen and oxygen atoms in total. The van der Waals surface area contributed by atoms with Crippen molar-refractivity contribution in [3.8, 4) is 0 Å². The van der Waals surface area contributed by atoms with Gasteiger partial charge in [-0.25, -0.2) is 0 Å². The van der Waals surface area contributed by atoms with Gasteiger partial charge in [0, 0.05) is 12.1 Å². The monoisotopic (exact) mass is 253 g/mol. The van der Waals surface area contributed by atoms with Gasteiger partial charge in [-0.1, -0.05) is 5.16 Å². The summed E-state index contributed by atoms with van der Waals surface area (Å²) in [5.74, 6) is 1.15. The maximum absolute atomic E-state index is 12.4. The lowest BCUT2D eigenvalue weighted by molar-refractivity contribution is 0.0784. The largest absolute Gasteiger partial charge is 0.466 e. The smallest absolute Gasteiger partial charge is 0.258 e. The fourth-order valence-corrected chi connectivity index (χ4v) is 1.82. The predicted molar refractivity (Wildman–Crippen MR) is 67.9 cm³/mol. The molecule has 0 aliphatic rings. The van der Waals surface area contributed by atoms with E-state index < -0.39 is 0 Å². The van der Waals surface area contributed by atoms with Crippen molar-refractivity contribution >= 4 is 11.7 Å². The van der Waals surface area contributed by atoms with Crippen LogP contribution >= 0.6 is 0 Å². The van der Waals surface area contributed by atoms with Crippen molar-refractivity contribution in [2.75, 3.05) is 13.1 Å². The van der Waals surface area contributed by atoms with Crippen LogP contribution in [-0.4, -0.2) is 34.9 Å². The fourth-order valence-electron chi connectivity index (χ4n) is 1.82. The van der Waals surface area contributed by atoms with Crippen LogP contribution in [0.3, 0.4) is 0 Å². The number of hydrogen-bond donors (Lipinski definition) is 2. The third-order valence-corrected chi connectivity index (χ3v) is 2.93. The molecule has 6 heteroatoms. The number of rotatable bonds is 4. The summed E-state index contributed by atoms with van der Waals surface area (Å²) in [6, 6.07) is 0. The summed E-state index contributed by atoms with van der Waals surface area (Å²) in [5, 5.41) is 11.4. The van der Waals surface area contributed by atoms with Crippen LogP contribution in [0.1, 0.15) is 34.4 Å². The van der Waals surface area contributed by atoms with Crippen molar-refractivity contribution < 1.29 is 14.4 Å². The minimum absolute atomic E-state index is 0.000669. The first-order valence-corrected chi connectivity index (χ1v) is 5.74. The Morgan fingerprint density at radius 1 is 1.39 bits per heavy atom. The van der Waals surface area contributed by atoms with E-state index in [1.165, 1.54) is 4.90 Å². The van der Waals surface area contributed by atoms with E-state index in [0.717, 1.165) is 11.3 Å². The summed E-state index contributed by atoms with van der Waals surface area (Å²) in [7, 11) is 0. The zero-order chi connectivity index (χ0) is 13.9. The van der Waals surface area contributed by atoms with E-state index >= 15 is 0 Å². The molecular weight excluding hydrogens is 234 g/mol. The maximum Gasteiger partial charge on any atom is 0.258 e. The molecule has 0 bridgehead atoms. The average Bonchev–Trinajstić information content (AvgIpc) is 2.59. The van der Waals surface area contributed by atoms with Crippen molar-refractivity contribution in [3.63, 3.8) is 0 Å². The van der Waals surface area contributed by atoms with Gasteiger partial charge in [0.15, 0.2) is 5.84 Å². The Morgan fingerprint density at radius 2 is 2.00 bits per heavy atom. The van der Waals surface area contributed by atoms with Gasteiger partial charge >= 0.3 is 0 Å². The second kappa shape index (κ2) is 5.57. The summed E-state index contributed by atoms with van der Waals surface area (Å²) in [4.78, 5) is 13.9. The molecule has 1 aromatic rings. The Labute approximate surface area is 106 Å². The van der Waals surface area contributed by atoms with Gasteiger partial charge in [0.1, 0.15) is 11.5 Å². The molecule has 0 aliphatic heterocycles. The van der Waals surface area contributed by atoms with Crippen LogP contribution < -0.4 is 5.73 Å². The van der Waals surface area contributed by atoms with Gasteiger partial charge in [0.05, 0.1) is 12.1 Å². The highest BCUT2D eigenvalue weighted by Crippen LogP contribution is 2.22. The van der Waals surface area contributed by atoms with E-state index in [9.17, 15) is 4.79 Å². The third kappa shape index (κ3) is 2.64. The SMILES string of the molecule is CCN(CC(N)=NO)C(=O)c1c(C)oc(C)c1C. The second-order valence-corrected chi connectivity index (χ2v) is 4.13. The standard InChI is InChI=1S/C12H19N3O3/c1-5-15(6-10(13)14-17)12(16)11-7(2)8(3)18-9(11)4/h17H,5-6H2,1-4H3,(H2,13,14). The van der Waals surface area contributed by atoms with Gasteiger partial charge in [-0.15, -0.1) is 0 Å². The Hall–Kier alpha value is -1.98. The van der Waals surface area contributed by atoms with Crippen LogP contribution in [0, 0.1) is 20.8 Å². The van der Waals surface area contributed by atoms with Gasteiger partial charge in [-0.3, -0.25) is 4.79 Å². The van der Waals surface area contributed by atoms with E-state index in [0.29, 0.717) is 17.9 Å². The summed E-state index contributed by atoms with van der Waals surface area (Å²) < 4.78 is 5.43. The van der Waals surface area contributed by atoms with Crippen molar-refractivity contribution in [2.45, 2.75) is 27.7 Å². The zero-order valence-electron chi connectivity index (χ0n) is 11.1. The van der Waals surface area contributed by atoms with Crippen LogP contribution in [0.2, 0.25) is 0 Å². The number of carbonyl (C=O) groups excluding carboxylic acids is 1. The first-order chi connectivity index (χ1) is 8.42. The minimum atomic E-state index is -0.170. The number of aryl methyl sites for hydroxylation is 2. The molecule has 0 aliphatic carbocycles. The summed E-state index contributed by atoms with van der Waals surface area (Å²) in [6.07, 6.45) is 0. The molecule has 1 aromatic heterocycles. The molecule has 0 spiro atoms. The Balaban J connectivity index is 3.04. The highest BCUT2D eigenvalue weighted by Gasteiger charge is 2.23. The third-order valence-electron chi connectivity index (χ3n) is 2.93. The van der Waals surface area contributed by atoms with Crippen molar-refractivity contribution in [1.29, 1.82) is 0 Å². The molecule has 1 heterocycles. The Morgan fingerprint density at radius 3 is 2.39 bits per heavy atom. The number of amidine groups is 1. The topological polar surface area (TPSA) is 92.1 Å². The molecule has 1 rings (SSSR count). The zero-order valence-corrected chi connectivity index (χ0v) is 11.1. The molecule has 0 saturated carbocycles.